The van der Waals surface area contributed by atoms with Crippen molar-refractivity contribution in [1.29, 1.82) is 0 Å². The molecule has 1 aromatic carbocycles. The smallest absolute Gasteiger partial charge is 0.326 e. The van der Waals surface area contributed by atoms with Crippen LogP contribution in [0.2, 0.25) is 0 Å². The molecule has 2 N–H and O–H groups in total. The van der Waals surface area contributed by atoms with Crippen molar-refractivity contribution in [1.82, 2.24) is 9.62 Å². The standard InChI is InChI=1S/C16H20N2O5S/c19-15(18-8-2-5-14(18)16(20)21)12-3-1-4-13(9-12)24(22,23)17-10-11-6-7-11/h1,3-4,9,11,14,17H,2,5-8,10H2,(H,20,21)/t14-/m0/s1. The minimum atomic E-state index is -3.66. The molecule has 1 heterocycles. The first-order valence-corrected chi connectivity index (χ1v) is 9.50. The Morgan fingerprint density at radius 3 is 2.67 bits per heavy atom. The maximum atomic E-state index is 12.6. The summed E-state index contributed by atoms with van der Waals surface area (Å²) in [4.78, 5) is 25.1. The van der Waals surface area contributed by atoms with Gasteiger partial charge in [0.1, 0.15) is 6.04 Å². The molecule has 0 aromatic heterocycles. The average Bonchev–Trinajstić information content (AvgIpc) is 3.26. The van der Waals surface area contributed by atoms with Crippen LogP contribution in [0.1, 0.15) is 36.0 Å². The number of carbonyl (C=O) groups excluding carboxylic acids is 1. The van der Waals surface area contributed by atoms with E-state index in [2.05, 4.69) is 4.72 Å². The van der Waals surface area contributed by atoms with Crippen molar-refractivity contribution in [2.24, 2.45) is 5.92 Å². The van der Waals surface area contributed by atoms with Gasteiger partial charge in [0.05, 0.1) is 4.90 Å². The molecule has 0 spiro atoms. The van der Waals surface area contributed by atoms with Crippen molar-refractivity contribution in [3.8, 4) is 0 Å². The van der Waals surface area contributed by atoms with Gasteiger partial charge in [0.2, 0.25) is 10.0 Å². The first-order chi connectivity index (χ1) is 11.4. The highest BCUT2D eigenvalue weighted by Crippen LogP contribution is 2.28. The van der Waals surface area contributed by atoms with Crippen LogP contribution in [-0.4, -0.2) is 49.4 Å². The fourth-order valence-corrected chi connectivity index (χ4v) is 4.02. The fourth-order valence-electron chi connectivity index (χ4n) is 2.86. The monoisotopic (exact) mass is 352 g/mol. The maximum Gasteiger partial charge on any atom is 0.326 e. The summed E-state index contributed by atoms with van der Waals surface area (Å²) in [5.74, 6) is -1.07. The van der Waals surface area contributed by atoms with Crippen LogP contribution in [0, 0.1) is 5.92 Å². The minimum Gasteiger partial charge on any atom is -0.480 e. The molecule has 1 aliphatic carbocycles. The summed E-state index contributed by atoms with van der Waals surface area (Å²) in [6.45, 7) is 0.778. The lowest BCUT2D eigenvalue weighted by Crippen LogP contribution is -2.40. The molecular weight excluding hydrogens is 332 g/mol. The van der Waals surface area contributed by atoms with E-state index in [0.29, 0.717) is 31.8 Å². The Bertz CT molecular complexity index is 757. The van der Waals surface area contributed by atoms with Crippen molar-refractivity contribution >= 4 is 21.9 Å². The van der Waals surface area contributed by atoms with Crippen LogP contribution < -0.4 is 4.72 Å². The summed E-state index contributed by atoms with van der Waals surface area (Å²) in [7, 11) is -3.66. The van der Waals surface area contributed by atoms with Gasteiger partial charge in [0.15, 0.2) is 0 Å². The SMILES string of the molecule is O=C(O)[C@@H]1CCCN1C(=O)c1cccc(S(=O)(=O)NCC2CC2)c1. The third-order valence-corrected chi connectivity index (χ3v) is 5.87. The predicted octanol–water partition coefficient (Wildman–Crippen LogP) is 1.06. The van der Waals surface area contributed by atoms with Crippen molar-refractivity contribution in [3.05, 3.63) is 29.8 Å². The summed E-state index contributed by atoms with van der Waals surface area (Å²) in [6.07, 6.45) is 3.12. The van der Waals surface area contributed by atoms with Gasteiger partial charge in [-0.05, 0) is 49.8 Å². The van der Waals surface area contributed by atoms with Gasteiger partial charge in [-0.25, -0.2) is 17.9 Å². The number of carboxylic acid groups (broad SMARTS) is 1. The number of likely N-dealkylation sites (tertiary alicyclic amines) is 1. The number of rotatable bonds is 6. The Balaban J connectivity index is 1.79. The van der Waals surface area contributed by atoms with Crippen molar-refractivity contribution in [2.45, 2.75) is 36.6 Å². The minimum absolute atomic E-state index is 0.0278. The van der Waals surface area contributed by atoms with Crippen molar-refractivity contribution in [2.75, 3.05) is 13.1 Å². The fraction of sp³-hybridized carbons (Fsp3) is 0.500. The molecule has 0 radical (unpaired) electrons. The van der Waals surface area contributed by atoms with E-state index >= 15 is 0 Å². The van der Waals surface area contributed by atoms with E-state index in [0.717, 1.165) is 12.8 Å². The van der Waals surface area contributed by atoms with Crippen molar-refractivity contribution < 1.29 is 23.1 Å². The molecular formula is C16H20N2O5S. The van der Waals surface area contributed by atoms with Gasteiger partial charge in [0, 0.05) is 18.7 Å². The number of hydrogen-bond donors (Lipinski definition) is 2. The third kappa shape index (κ3) is 3.59. The van der Waals surface area contributed by atoms with Crippen molar-refractivity contribution in [3.63, 3.8) is 0 Å². The molecule has 24 heavy (non-hydrogen) atoms. The van der Waals surface area contributed by atoms with E-state index in [9.17, 15) is 23.1 Å². The van der Waals surface area contributed by atoms with Gasteiger partial charge < -0.3 is 10.0 Å². The second kappa shape index (κ2) is 6.52. The third-order valence-electron chi connectivity index (χ3n) is 4.45. The summed E-state index contributed by atoms with van der Waals surface area (Å²) < 4.78 is 27.2. The number of nitrogens with zero attached hydrogens (tertiary/aromatic N) is 1. The van der Waals surface area contributed by atoms with Crippen LogP contribution in [0.5, 0.6) is 0 Å². The predicted molar refractivity (Wildman–Crippen MR) is 86.0 cm³/mol. The van der Waals surface area contributed by atoms with Crippen LogP contribution in [-0.2, 0) is 14.8 Å². The number of nitrogens with one attached hydrogen (secondary N) is 1. The number of aliphatic carboxylic acids is 1. The Morgan fingerprint density at radius 1 is 1.25 bits per heavy atom. The Hall–Kier alpha value is -1.93. The van der Waals surface area contributed by atoms with Crippen LogP contribution in [0.4, 0.5) is 0 Å². The Kier molecular flexibility index (Phi) is 4.60. The van der Waals surface area contributed by atoms with Gasteiger partial charge in [-0.2, -0.15) is 0 Å². The lowest BCUT2D eigenvalue weighted by Gasteiger charge is -2.21. The quantitative estimate of drug-likeness (QED) is 0.797. The second-order valence-electron chi connectivity index (χ2n) is 6.32. The zero-order chi connectivity index (χ0) is 17.3. The van der Waals surface area contributed by atoms with Crippen LogP contribution in [0.15, 0.2) is 29.2 Å². The van der Waals surface area contributed by atoms with E-state index < -0.39 is 27.9 Å². The molecule has 1 amide bonds. The molecule has 8 heteroatoms. The van der Waals surface area contributed by atoms with Gasteiger partial charge >= 0.3 is 5.97 Å². The summed E-state index contributed by atoms with van der Waals surface area (Å²) >= 11 is 0. The summed E-state index contributed by atoms with van der Waals surface area (Å²) in [5, 5.41) is 9.19. The van der Waals surface area contributed by atoms with Gasteiger partial charge in [-0.1, -0.05) is 6.07 Å². The number of hydrogen-bond acceptors (Lipinski definition) is 4. The molecule has 1 saturated carbocycles. The highest BCUT2D eigenvalue weighted by Gasteiger charge is 2.34. The Morgan fingerprint density at radius 2 is 2.00 bits per heavy atom. The molecule has 3 rings (SSSR count). The molecule has 1 aromatic rings. The average molecular weight is 352 g/mol. The zero-order valence-electron chi connectivity index (χ0n) is 13.1. The molecule has 1 saturated heterocycles. The highest BCUT2D eigenvalue weighted by atomic mass is 32.2. The van der Waals surface area contributed by atoms with Crippen LogP contribution >= 0.6 is 0 Å². The lowest BCUT2D eigenvalue weighted by atomic mass is 10.1. The highest BCUT2D eigenvalue weighted by molar-refractivity contribution is 7.89. The molecule has 1 aliphatic heterocycles. The summed E-state index contributed by atoms with van der Waals surface area (Å²) in [5.41, 5.74) is 0.192. The summed E-state index contributed by atoms with van der Waals surface area (Å²) in [6, 6.07) is 4.93. The first-order valence-electron chi connectivity index (χ1n) is 8.02. The molecule has 2 aliphatic rings. The van der Waals surface area contributed by atoms with E-state index in [-0.39, 0.29) is 10.5 Å². The normalized spacial score (nSPS) is 21.0. The molecule has 7 nitrogen and oxygen atoms in total. The second-order valence-corrected chi connectivity index (χ2v) is 8.08. The number of benzene rings is 1. The van der Waals surface area contributed by atoms with Crippen LogP contribution in [0.3, 0.4) is 0 Å². The van der Waals surface area contributed by atoms with E-state index in [1.54, 1.807) is 0 Å². The lowest BCUT2D eigenvalue weighted by molar-refractivity contribution is -0.141. The first kappa shape index (κ1) is 16.9. The van der Waals surface area contributed by atoms with E-state index in [1.807, 2.05) is 0 Å². The molecule has 2 fully saturated rings. The number of carboxylic acids is 1. The maximum absolute atomic E-state index is 12.6. The van der Waals surface area contributed by atoms with E-state index in [4.69, 9.17) is 0 Å². The molecule has 0 unspecified atom stereocenters. The van der Waals surface area contributed by atoms with Gasteiger partial charge in [-0.15, -0.1) is 0 Å². The van der Waals surface area contributed by atoms with Gasteiger partial charge in [-0.3, -0.25) is 4.79 Å². The number of amides is 1. The van der Waals surface area contributed by atoms with Crippen LogP contribution in [0.25, 0.3) is 0 Å². The molecule has 130 valence electrons. The topological polar surface area (TPSA) is 104 Å². The molecule has 0 bridgehead atoms. The Labute approximate surface area is 140 Å². The number of sulfonamides is 1. The van der Waals surface area contributed by atoms with Gasteiger partial charge in [0.25, 0.3) is 5.91 Å². The van der Waals surface area contributed by atoms with E-state index in [1.165, 1.54) is 29.2 Å². The number of carbonyl (C=O) groups is 2. The molecule has 1 atom stereocenters. The largest absolute Gasteiger partial charge is 0.480 e. The zero-order valence-corrected chi connectivity index (χ0v) is 14.0.